The zero-order chi connectivity index (χ0) is 19.9. The molecule has 8 nitrogen and oxygen atoms in total. The summed E-state index contributed by atoms with van der Waals surface area (Å²) in [7, 11) is 3.16. The number of nitrogens with zero attached hydrogens (tertiary/aromatic N) is 2. The third-order valence-electron chi connectivity index (χ3n) is 3.93. The fraction of sp³-hybridized carbons (Fsp3) is 0.250. The van der Waals surface area contributed by atoms with Crippen molar-refractivity contribution in [3.8, 4) is 28.6 Å². The van der Waals surface area contributed by atoms with E-state index in [2.05, 4.69) is 15.5 Å². The van der Waals surface area contributed by atoms with E-state index in [9.17, 15) is 4.79 Å². The summed E-state index contributed by atoms with van der Waals surface area (Å²) in [4.78, 5) is 16.6. The molecule has 0 saturated carbocycles. The van der Waals surface area contributed by atoms with Gasteiger partial charge in [-0.3, -0.25) is 4.79 Å². The molecule has 0 spiro atoms. The Balaban J connectivity index is 1.56. The number of nitrogens with one attached hydrogen (secondary N) is 1. The highest BCUT2D eigenvalue weighted by Gasteiger charge is 2.16. The maximum atomic E-state index is 12.3. The van der Waals surface area contributed by atoms with Crippen molar-refractivity contribution in [2.24, 2.45) is 0 Å². The second-order valence-electron chi connectivity index (χ2n) is 5.90. The number of benzene rings is 2. The highest BCUT2D eigenvalue weighted by Crippen LogP contribution is 2.21. The number of hydrogen-bond acceptors (Lipinski definition) is 7. The van der Waals surface area contributed by atoms with Crippen LogP contribution >= 0.6 is 0 Å². The molecule has 3 rings (SSSR count). The van der Waals surface area contributed by atoms with Gasteiger partial charge in [0, 0.05) is 11.6 Å². The molecular weight excluding hydrogens is 362 g/mol. The summed E-state index contributed by atoms with van der Waals surface area (Å²) in [5.41, 5.74) is 0.760. The number of rotatable bonds is 8. The molecule has 0 aliphatic carbocycles. The van der Waals surface area contributed by atoms with E-state index < -0.39 is 6.10 Å². The van der Waals surface area contributed by atoms with Gasteiger partial charge in [0.25, 0.3) is 5.91 Å². The Hall–Kier alpha value is -3.55. The Labute approximate surface area is 162 Å². The maximum absolute atomic E-state index is 12.3. The van der Waals surface area contributed by atoms with E-state index in [0.717, 1.165) is 5.56 Å². The minimum absolute atomic E-state index is 0.0988. The smallest absolute Gasteiger partial charge is 0.261 e. The highest BCUT2D eigenvalue weighted by molar-refractivity contribution is 5.80. The van der Waals surface area contributed by atoms with Crippen molar-refractivity contribution in [1.29, 1.82) is 0 Å². The maximum Gasteiger partial charge on any atom is 0.261 e. The van der Waals surface area contributed by atoms with Crippen molar-refractivity contribution in [2.75, 3.05) is 14.2 Å². The van der Waals surface area contributed by atoms with Gasteiger partial charge in [-0.25, -0.2) is 0 Å². The molecule has 8 heteroatoms. The van der Waals surface area contributed by atoms with Gasteiger partial charge >= 0.3 is 0 Å². The molecule has 0 aliphatic rings. The van der Waals surface area contributed by atoms with E-state index in [0.29, 0.717) is 29.0 Å². The normalized spacial score (nSPS) is 11.5. The van der Waals surface area contributed by atoms with Gasteiger partial charge in [0.1, 0.15) is 17.2 Å². The van der Waals surface area contributed by atoms with Crippen LogP contribution in [0.15, 0.2) is 53.1 Å². The second kappa shape index (κ2) is 8.90. The fourth-order valence-corrected chi connectivity index (χ4v) is 2.44. The van der Waals surface area contributed by atoms with Gasteiger partial charge in [0.05, 0.1) is 20.8 Å². The van der Waals surface area contributed by atoms with E-state index in [-0.39, 0.29) is 12.5 Å². The predicted octanol–water partition coefficient (Wildman–Crippen LogP) is 2.84. The van der Waals surface area contributed by atoms with Gasteiger partial charge in [-0.2, -0.15) is 4.98 Å². The molecule has 3 aromatic rings. The van der Waals surface area contributed by atoms with Crippen molar-refractivity contribution in [1.82, 2.24) is 15.5 Å². The second-order valence-corrected chi connectivity index (χ2v) is 5.90. The molecule has 0 unspecified atom stereocenters. The standard InChI is InChI=1S/C20H21N3O5/c1-13(27-17-9-5-8-16(11-17)26-3)20(24)21-12-18-22-19(23-28-18)14-6-4-7-15(10-14)25-2/h4-11,13H,12H2,1-3H3,(H,21,24)/t13-/m1/s1. The molecule has 2 aromatic carbocycles. The van der Waals surface area contributed by atoms with Crippen LogP contribution in [0.1, 0.15) is 12.8 Å². The Morgan fingerprint density at radius 3 is 2.50 bits per heavy atom. The number of carbonyl (C=O) groups excluding carboxylic acids is 1. The summed E-state index contributed by atoms with van der Waals surface area (Å²) in [6.45, 7) is 1.76. The molecule has 28 heavy (non-hydrogen) atoms. The van der Waals surface area contributed by atoms with Crippen LogP contribution in [0.4, 0.5) is 0 Å². The van der Waals surface area contributed by atoms with Crippen LogP contribution in [0, 0.1) is 0 Å². The molecule has 0 aliphatic heterocycles. The first-order valence-corrected chi connectivity index (χ1v) is 8.64. The monoisotopic (exact) mass is 383 g/mol. The van der Waals surface area contributed by atoms with Crippen LogP contribution in [0.25, 0.3) is 11.4 Å². The van der Waals surface area contributed by atoms with Crippen molar-refractivity contribution in [2.45, 2.75) is 19.6 Å². The average molecular weight is 383 g/mol. The Bertz CT molecular complexity index is 941. The van der Waals surface area contributed by atoms with Crippen LogP contribution in [-0.2, 0) is 11.3 Å². The van der Waals surface area contributed by atoms with Crippen LogP contribution in [-0.4, -0.2) is 36.4 Å². The lowest BCUT2D eigenvalue weighted by Crippen LogP contribution is -2.36. The Morgan fingerprint density at radius 1 is 1.07 bits per heavy atom. The molecule has 1 atom stereocenters. The molecular formula is C20H21N3O5. The van der Waals surface area contributed by atoms with Crippen LogP contribution in [0.3, 0.4) is 0 Å². The first-order chi connectivity index (χ1) is 13.6. The summed E-state index contributed by atoms with van der Waals surface area (Å²) >= 11 is 0. The van der Waals surface area contributed by atoms with E-state index in [1.807, 2.05) is 18.2 Å². The van der Waals surface area contributed by atoms with Gasteiger partial charge < -0.3 is 24.1 Å². The summed E-state index contributed by atoms with van der Waals surface area (Å²) in [5.74, 6) is 2.30. The molecule has 1 N–H and O–H groups in total. The van der Waals surface area contributed by atoms with Crippen molar-refractivity contribution in [3.63, 3.8) is 0 Å². The Kier molecular flexibility index (Phi) is 6.11. The molecule has 146 valence electrons. The average Bonchev–Trinajstić information content (AvgIpc) is 3.21. The first kappa shape index (κ1) is 19.2. The summed E-state index contributed by atoms with van der Waals surface area (Å²) in [6, 6.07) is 14.4. The SMILES string of the molecule is COc1cccc(O[C@H](C)C(=O)NCc2nc(-c3cccc(OC)c3)no2)c1. The van der Waals surface area contributed by atoms with E-state index in [4.69, 9.17) is 18.7 Å². The van der Waals surface area contributed by atoms with Gasteiger partial charge in [-0.1, -0.05) is 23.4 Å². The lowest BCUT2D eigenvalue weighted by molar-refractivity contribution is -0.127. The minimum atomic E-state index is -0.701. The van der Waals surface area contributed by atoms with Gasteiger partial charge in [0.15, 0.2) is 6.10 Å². The summed E-state index contributed by atoms with van der Waals surface area (Å²) in [5, 5.41) is 6.65. The largest absolute Gasteiger partial charge is 0.497 e. The summed E-state index contributed by atoms with van der Waals surface area (Å²) < 4.78 is 21.2. The van der Waals surface area contributed by atoms with Gasteiger partial charge in [-0.15, -0.1) is 0 Å². The first-order valence-electron chi connectivity index (χ1n) is 8.64. The lowest BCUT2D eigenvalue weighted by Gasteiger charge is -2.14. The fourth-order valence-electron chi connectivity index (χ4n) is 2.44. The van der Waals surface area contributed by atoms with E-state index >= 15 is 0 Å². The molecule has 0 bridgehead atoms. The molecule has 0 fully saturated rings. The van der Waals surface area contributed by atoms with E-state index in [1.165, 1.54) is 0 Å². The molecule has 1 amide bonds. The number of carbonyl (C=O) groups is 1. The minimum Gasteiger partial charge on any atom is -0.497 e. The number of hydrogen-bond donors (Lipinski definition) is 1. The number of ether oxygens (including phenoxy) is 3. The van der Waals surface area contributed by atoms with Crippen LogP contribution in [0.5, 0.6) is 17.2 Å². The quantitative estimate of drug-likeness (QED) is 0.639. The molecule has 1 aromatic heterocycles. The van der Waals surface area contributed by atoms with Crippen molar-refractivity contribution < 1.29 is 23.5 Å². The zero-order valence-electron chi connectivity index (χ0n) is 15.8. The van der Waals surface area contributed by atoms with Crippen LogP contribution < -0.4 is 19.5 Å². The third kappa shape index (κ3) is 4.79. The van der Waals surface area contributed by atoms with E-state index in [1.54, 1.807) is 51.5 Å². The molecule has 1 heterocycles. The lowest BCUT2D eigenvalue weighted by atomic mass is 10.2. The molecule has 0 radical (unpaired) electrons. The summed E-state index contributed by atoms with van der Waals surface area (Å²) in [6.07, 6.45) is -0.701. The number of methoxy groups -OCH3 is 2. The Morgan fingerprint density at radius 2 is 1.75 bits per heavy atom. The highest BCUT2D eigenvalue weighted by atomic mass is 16.5. The number of aromatic nitrogens is 2. The van der Waals surface area contributed by atoms with Crippen LogP contribution in [0.2, 0.25) is 0 Å². The van der Waals surface area contributed by atoms with Gasteiger partial charge in [-0.05, 0) is 31.2 Å². The topological polar surface area (TPSA) is 95.7 Å². The van der Waals surface area contributed by atoms with Crippen molar-refractivity contribution in [3.05, 3.63) is 54.4 Å². The third-order valence-corrected chi connectivity index (χ3v) is 3.93. The predicted molar refractivity (Wildman–Crippen MR) is 101 cm³/mol. The molecule has 0 saturated heterocycles. The number of amides is 1. The van der Waals surface area contributed by atoms with Crippen molar-refractivity contribution >= 4 is 5.91 Å². The van der Waals surface area contributed by atoms with Gasteiger partial charge in [0.2, 0.25) is 11.7 Å². The zero-order valence-corrected chi connectivity index (χ0v) is 15.8.